The largest absolute Gasteiger partial charge is 0.481 e. The zero-order valence-corrected chi connectivity index (χ0v) is 10.6. The summed E-state index contributed by atoms with van der Waals surface area (Å²) in [5.41, 5.74) is 1.72. The molecule has 1 atom stereocenters. The zero-order valence-electron chi connectivity index (χ0n) is 10.6. The highest BCUT2D eigenvalue weighted by molar-refractivity contribution is 5.66. The average molecular weight is 253 g/mol. The summed E-state index contributed by atoms with van der Waals surface area (Å²) in [6.07, 6.45) is 3.28. The number of aryl methyl sites for hydroxylation is 1. The molecule has 0 amide bonds. The van der Waals surface area contributed by atoms with Gasteiger partial charge in [0.25, 0.3) is 0 Å². The van der Waals surface area contributed by atoms with Crippen LogP contribution in [0.15, 0.2) is 4.63 Å². The van der Waals surface area contributed by atoms with Crippen molar-refractivity contribution < 1.29 is 14.5 Å². The highest BCUT2D eigenvalue weighted by Gasteiger charge is 2.22. The molecule has 100 valence electrons. The van der Waals surface area contributed by atoms with Crippen LogP contribution in [-0.4, -0.2) is 39.4 Å². The molecule has 1 aromatic heterocycles. The van der Waals surface area contributed by atoms with Crippen molar-refractivity contribution in [1.29, 1.82) is 0 Å². The maximum absolute atomic E-state index is 10.6. The van der Waals surface area contributed by atoms with E-state index < -0.39 is 5.97 Å². The maximum atomic E-state index is 10.6. The molecule has 6 heteroatoms. The van der Waals surface area contributed by atoms with Crippen LogP contribution in [0, 0.1) is 12.8 Å². The Morgan fingerprint density at radius 3 is 3.06 bits per heavy atom. The second-order valence-electron chi connectivity index (χ2n) is 4.97. The quantitative estimate of drug-likeness (QED) is 0.855. The van der Waals surface area contributed by atoms with Crippen LogP contribution in [0.4, 0.5) is 0 Å². The highest BCUT2D eigenvalue weighted by atomic mass is 16.6. The number of hydrogen-bond acceptors (Lipinski definition) is 5. The van der Waals surface area contributed by atoms with Crippen molar-refractivity contribution in [2.45, 2.75) is 39.2 Å². The fourth-order valence-electron chi connectivity index (χ4n) is 2.46. The van der Waals surface area contributed by atoms with Crippen molar-refractivity contribution in [2.75, 3.05) is 13.1 Å². The van der Waals surface area contributed by atoms with Crippen LogP contribution in [0.5, 0.6) is 0 Å². The van der Waals surface area contributed by atoms with Crippen LogP contribution >= 0.6 is 0 Å². The molecule has 2 rings (SSSR count). The van der Waals surface area contributed by atoms with Gasteiger partial charge in [-0.3, -0.25) is 9.69 Å². The Bertz CT molecular complexity index is 405. The van der Waals surface area contributed by atoms with Gasteiger partial charge in [0.15, 0.2) is 0 Å². The third-order valence-corrected chi connectivity index (χ3v) is 3.49. The highest BCUT2D eigenvalue weighted by Crippen LogP contribution is 2.22. The monoisotopic (exact) mass is 253 g/mol. The van der Waals surface area contributed by atoms with E-state index in [1.165, 1.54) is 0 Å². The number of hydrogen-bond donors (Lipinski definition) is 1. The number of carbonyl (C=O) groups is 1. The summed E-state index contributed by atoms with van der Waals surface area (Å²) in [5.74, 6) is -0.223. The van der Waals surface area contributed by atoms with E-state index in [2.05, 4.69) is 19.8 Å². The first-order valence-electron chi connectivity index (χ1n) is 6.37. The summed E-state index contributed by atoms with van der Waals surface area (Å²) < 4.78 is 4.69. The molecule has 0 spiro atoms. The van der Waals surface area contributed by atoms with E-state index in [0.717, 1.165) is 50.3 Å². The Balaban J connectivity index is 1.83. The average Bonchev–Trinajstić information content (AvgIpc) is 2.73. The zero-order chi connectivity index (χ0) is 13.0. The summed E-state index contributed by atoms with van der Waals surface area (Å²) in [5, 5.41) is 16.4. The van der Waals surface area contributed by atoms with Gasteiger partial charge in [-0.2, -0.15) is 0 Å². The van der Waals surface area contributed by atoms with Crippen molar-refractivity contribution in [3.63, 3.8) is 0 Å². The molecule has 1 fully saturated rings. The van der Waals surface area contributed by atoms with E-state index in [-0.39, 0.29) is 6.42 Å². The number of aliphatic carboxylic acids is 1. The van der Waals surface area contributed by atoms with Gasteiger partial charge in [0, 0.05) is 19.5 Å². The first-order chi connectivity index (χ1) is 8.65. The van der Waals surface area contributed by atoms with Crippen molar-refractivity contribution in [1.82, 2.24) is 15.2 Å². The first-order valence-corrected chi connectivity index (χ1v) is 6.37. The molecule has 0 aromatic carbocycles. The molecular weight excluding hydrogens is 234 g/mol. The number of rotatable bonds is 5. The number of aromatic nitrogens is 2. The van der Waals surface area contributed by atoms with Gasteiger partial charge in [-0.15, -0.1) is 0 Å². The van der Waals surface area contributed by atoms with E-state index >= 15 is 0 Å². The van der Waals surface area contributed by atoms with E-state index in [1.807, 2.05) is 6.92 Å². The standard InChI is InChI=1S/C12H19N3O3/c1-9-11(14-18-13-9)8-15-6-2-3-10(7-15)4-5-12(16)17/h10H,2-8H2,1H3,(H,16,17). The lowest BCUT2D eigenvalue weighted by Gasteiger charge is -2.31. The molecule has 1 aliphatic rings. The minimum atomic E-state index is -0.705. The molecule has 18 heavy (non-hydrogen) atoms. The SMILES string of the molecule is Cc1nonc1CN1CCCC(CCC(=O)O)C1. The van der Waals surface area contributed by atoms with Gasteiger partial charge in [-0.1, -0.05) is 10.3 Å². The van der Waals surface area contributed by atoms with E-state index in [0.29, 0.717) is 5.92 Å². The van der Waals surface area contributed by atoms with Crippen LogP contribution < -0.4 is 0 Å². The fourth-order valence-corrected chi connectivity index (χ4v) is 2.46. The molecule has 0 radical (unpaired) electrons. The molecular formula is C12H19N3O3. The van der Waals surface area contributed by atoms with E-state index in [9.17, 15) is 4.79 Å². The Morgan fingerprint density at radius 2 is 2.39 bits per heavy atom. The molecule has 1 aromatic rings. The third kappa shape index (κ3) is 3.53. The second-order valence-corrected chi connectivity index (χ2v) is 4.97. The van der Waals surface area contributed by atoms with Gasteiger partial charge in [0.2, 0.25) is 0 Å². The molecule has 6 nitrogen and oxygen atoms in total. The number of carboxylic acids is 1. The van der Waals surface area contributed by atoms with Crippen molar-refractivity contribution in [3.8, 4) is 0 Å². The van der Waals surface area contributed by atoms with Gasteiger partial charge < -0.3 is 5.11 Å². The number of piperidine rings is 1. The Morgan fingerprint density at radius 1 is 1.56 bits per heavy atom. The fraction of sp³-hybridized carbons (Fsp3) is 0.750. The molecule has 2 heterocycles. The van der Waals surface area contributed by atoms with Gasteiger partial charge >= 0.3 is 5.97 Å². The maximum Gasteiger partial charge on any atom is 0.303 e. The number of carboxylic acid groups (broad SMARTS) is 1. The number of likely N-dealkylation sites (tertiary alicyclic amines) is 1. The Kier molecular flexibility index (Phi) is 4.30. The van der Waals surface area contributed by atoms with Gasteiger partial charge in [-0.25, -0.2) is 4.63 Å². The molecule has 1 unspecified atom stereocenters. The van der Waals surface area contributed by atoms with Gasteiger partial charge in [0.05, 0.1) is 0 Å². The lowest BCUT2D eigenvalue weighted by atomic mass is 9.93. The minimum absolute atomic E-state index is 0.267. The number of nitrogens with zero attached hydrogens (tertiary/aromatic N) is 3. The van der Waals surface area contributed by atoms with Crippen molar-refractivity contribution in [3.05, 3.63) is 11.4 Å². The Hall–Kier alpha value is -1.43. The topological polar surface area (TPSA) is 79.5 Å². The lowest BCUT2D eigenvalue weighted by Crippen LogP contribution is -2.35. The summed E-state index contributed by atoms with van der Waals surface area (Å²) in [6.45, 7) is 4.62. The van der Waals surface area contributed by atoms with Gasteiger partial charge in [-0.05, 0) is 38.6 Å². The smallest absolute Gasteiger partial charge is 0.303 e. The summed E-state index contributed by atoms with van der Waals surface area (Å²) in [7, 11) is 0. The first kappa shape index (κ1) is 13.0. The minimum Gasteiger partial charge on any atom is -0.481 e. The molecule has 1 N–H and O–H groups in total. The van der Waals surface area contributed by atoms with E-state index in [1.54, 1.807) is 0 Å². The van der Waals surface area contributed by atoms with Crippen LogP contribution in [0.25, 0.3) is 0 Å². The molecule has 0 bridgehead atoms. The van der Waals surface area contributed by atoms with Crippen LogP contribution in [0.2, 0.25) is 0 Å². The van der Waals surface area contributed by atoms with Crippen LogP contribution in [-0.2, 0) is 11.3 Å². The lowest BCUT2D eigenvalue weighted by molar-refractivity contribution is -0.137. The molecule has 0 saturated carbocycles. The van der Waals surface area contributed by atoms with Crippen molar-refractivity contribution in [2.24, 2.45) is 5.92 Å². The van der Waals surface area contributed by atoms with E-state index in [4.69, 9.17) is 5.11 Å². The predicted molar refractivity (Wildman–Crippen MR) is 63.9 cm³/mol. The predicted octanol–water partition coefficient (Wildman–Crippen LogP) is 1.45. The Labute approximate surface area is 106 Å². The second kappa shape index (κ2) is 5.95. The summed E-state index contributed by atoms with van der Waals surface area (Å²) in [4.78, 5) is 12.9. The molecule has 1 saturated heterocycles. The third-order valence-electron chi connectivity index (χ3n) is 3.49. The van der Waals surface area contributed by atoms with Crippen LogP contribution in [0.3, 0.4) is 0 Å². The molecule has 0 aliphatic carbocycles. The normalized spacial score (nSPS) is 21.1. The molecule has 1 aliphatic heterocycles. The van der Waals surface area contributed by atoms with Crippen molar-refractivity contribution >= 4 is 5.97 Å². The summed E-state index contributed by atoms with van der Waals surface area (Å²) >= 11 is 0. The van der Waals surface area contributed by atoms with Crippen LogP contribution in [0.1, 0.15) is 37.1 Å². The van der Waals surface area contributed by atoms with Gasteiger partial charge in [0.1, 0.15) is 11.4 Å². The summed E-state index contributed by atoms with van der Waals surface area (Å²) in [6, 6.07) is 0.